The van der Waals surface area contributed by atoms with Gasteiger partial charge in [0.15, 0.2) is 5.82 Å². The fourth-order valence-electron chi connectivity index (χ4n) is 2.40. The summed E-state index contributed by atoms with van der Waals surface area (Å²) in [6.07, 6.45) is 1.16. The first-order valence-corrected chi connectivity index (χ1v) is 7.41. The van der Waals surface area contributed by atoms with E-state index in [1.54, 1.807) is 13.0 Å². The number of carbonyl (C=O) groups is 1. The summed E-state index contributed by atoms with van der Waals surface area (Å²) < 4.78 is 4.94. The van der Waals surface area contributed by atoms with E-state index in [2.05, 4.69) is 34.4 Å². The van der Waals surface area contributed by atoms with Crippen LogP contribution < -0.4 is 5.32 Å². The molecule has 0 aliphatic carbocycles. The van der Waals surface area contributed by atoms with Gasteiger partial charge in [0.1, 0.15) is 5.76 Å². The minimum absolute atomic E-state index is 0.101. The van der Waals surface area contributed by atoms with Crippen LogP contribution in [0.25, 0.3) is 0 Å². The molecule has 1 N–H and O–H groups in total. The van der Waals surface area contributed by atoms with Gasteiger partial charge in [-0.25, -0.2) is 4.79 Å². The number of carbonyl (C=O) groups excluding carboxylic acids is 1. The van der Waals surface area contributed by atoms with Crippen molar-refractivity contribution >= 4 is 11.8 Å². The van der Waals surface area contributed by atoms with Crippen LogP contribution in [0.15, 0.2) is 10.6 Å². The molecule has 118 valence electrons. The highest BCUT2D eigenvalue weighted by atomic mass is 16.5. The molecule has 2 heterocycles. The van der Waals surface area contributed by atoms with Crippen LogP contribution in [0.4, 0.5) is 10.6 Å². The van der Waals surface area contributed by atoms with E-state index in [1.165, 1.54) is 0 Å². The maximum atomic E-state index is 12.1. The van der Waals surface area contributed by atoms with E-state index < -0.39 is 0 Å². The first-order valence-electron chi connectivity index (χ1n) is 7.41. The molecule has 7 nitrogen and oxygen atoms in total. The third-order valence-electron chi connectivity index (χ3n) is 3.60. The normalized spacial score (nSPS) is 16.5. The van der Waals surface area contributed by atoms with E-state index in [1.807, 2.05) is 4.90 Å². The number of anilines is 1. The average Bonchev–Trinajstić information content (AvgIpc) is 2.84. The zero-order valence-corrected chi connectivity index (χ0v) is 13.1. The molecule has 1 aromatic heterocycles. The van der Waals surface area contributed by atoms with Crippen molar-refractivity contribution in [2.24, 2.45) is 0 Å². The minimum Gasteiger partial charge on any atom is -0.360 e. The Morgan fingerprint density at radius 1 is 1.38 bits per heavy atom. The molecule has 1 saturated heterocycles. The highest BCUT2D eigenvalue weighted by Gasteiger charge is 2.21. The molecule has 1 aliphatic heterocycles. The topological polar surface area (TPSA) is 64.9 Å². The Kier molecular flexibility index (Phi) is 5.58. The van der Waals surface area contributed by atoms with Crippen LogP contribution in [0, 0.1) is 6.92 Å². The molecule has 2 amide bonds. The lowest BCUT2D eigenvalue weighted by Crippen LogP contribution is -2.50. The Balaban J connectivity index is 1.69. The maximum Gasteiger partial charge on any atom is 0.323 e. The molecule has 0 aromatic carbocycles. The Morgan fingerprint density at radius 2 is 2.10 bits per heavy atom. The van der Waals surface area contributed by atoms with E-state index >= 15 is 0 Å². The molecule has 1 aromatic rings. The number of hydrogen-bond donors (Lipinski definition) is 1. The summed E-state index contributed by atoms with van der Waals surface area (Å²) in [6.45, 7) is 7.37. The highest BCUT2D eigenvalue weighted by molar-refractivity contribution is 5.88. The van der Waals surface area contributed by atoms with Gasteiger partial charge in [0, 0.05) is 32.2 Å². The zero-order chi connectivity index (χ0) is 15.2. The van der Waals surface area contributed by atoms with Crippen LogP contribution in [0.1, 0.15) is 12.2 Å². The Bertz CT molecular complexity index is 452. The number of aromatic nitrogens is 1. The second-order valence-electron chi connectivity index (χ2n) is 5.74. The van der Waals surface area contributed by atoms with E-state index in [9.17, 15) is 4.79 Å². The fraction of sp³-hybridized carbons (Fsp3) is 0.714. The molecule has 0 spiro atoms. The van der Waals surface area contributed by atoms with Gasteiger partial charge in [-0.05, 0) is 40.5 Å². The number of hydrogen-bond acceptors (Lipinski definition) is 5. The van der Waals surface area contributed by atoms with Gasteiger partial charge in [-0.2, -0.15) is 0 Å². The van der Waals surface area contributed by atoms with Crippen molar-refractivity contribution in [3.05, 3.63) is 11.8 Å². The average molecular weight is 295 g/mol. The van der Waals surface area contributed by atoms with Crippen LogP contribution in [0.5, 0.6) is 0 Å². The Hall–Kier alpha value is -1.60. The van der Waals surface area contributed by atoms with Gasteiger partial charge in [-0.1, -0.05) is 5.16 Å². The third-order valence-corrected chi connectivity index (χ3v) is 3.60. The lowest BCUT2D eigenvalue weighted by molar-refractivity contribution is 0.144. The maximum absolute atomic E-state index is 12.1. The van der Waals surface area contributed by atoms with Crippen LogP contribution in [-0.2, 0) is 0 Å². The number of rotatable bonds is 5. The number of amides is 2. The van der Waals surface area contributed by atoms with E-state index in [4.69, 9.17) is 4.52 Å². The predicted molar refractivity (Wildman–Crippen MR) is 81.4 cm³/mol. The lowest BCUT2D eigenvalue weighted by atomic mass is 10.3. The van der Waals surface area contributed by atoms with E-state index in [0.29, 0.717) is 11.6 Å². The fourth-order valence-corrected chi connectivity index (χ4v) is 2.40. The van der Waals surface area contributed by atoms with Crippen LogP contribution in [0.2, 0.25) is 0 Å². The molecule has 21 heavy (non-hydrogen) atoms. The van der Waals surface area contributed by atoms with Gasteiger partial charge in [-0.15, -0.1) is 0 Å². The smallest absolute Gasteiger partial charge is 0.323 e. The molecule has 2 rings (SSSR count). The van der Waals surface area contributed by atoms with Gasteiger partial charge in [0.2, 0.25) is 0 Å². The van der Waals surface area contributed by atoms with Crippen molar-refractivity contribution in [1.29, 1.82) is 0 Å². The standard InChI is InChI=1S/C14H25N5O2/c1-12-11-13(16-21-12)15-14(20)19-9-7-18(8-10-19)6-4-5-17(2)3/h11H,4-10H2,1-3H3,(H,15,16,20). The molecule has 0 atom stereocenters. The molecule has 7 heteroatoms. The van der Waals surface area contributed by atoms with Crippen LogP contribution in [-0.4, -0.2) is 79.3 Å². The molecular weight excluding hydrogens is 270 g/mol. The summed E-state index contributed by atoms with van der Waals surface area (Å²) >= 11 is 0. The molecule has 0 unspecified atom stereocenters. The summed E-state index contributed by atoms with van der Waals surface area (Å²) in [7, 11) is 4.18. The van der Waals surface area contributed by atoms with Gasteiger partial charge in [0.05, 0.1) is 0 Å². The third kappa shape index (κ3) is 5.02. The van der Waals surface area contributed by atoms with Gasteiger partial charge in [0.25, 0.3) is 0 Å². The van der Waals surface area contributed by atoms with Crippen molar-refractivity contribution in [3.8, 4) is 0 Å². The number of urea groups is 1. The molecular formula is C14H25N5O2. The SMILES string of the molecule is Cc1cc(NC(=O)N2CCN(CCCN(C)C)CC2)no1. The zero-order valence-electron chi connectivity index (χ0n) is 13.1. The largest absolute Gasteiger partial charge is 0.360 e. The number of aryl methyl sites for hydroxylation is 1. The number of nitrogens with one attached hydrogen (secondary N) is 1. The van der Waals surface area contributed by atoms with E-state index in [-0.39, 0.29) is 6.03 Å². The van der Waals surface area contributed by atoms with E-state index in [0.717, 1.165) is 45.7 Å². The van der Waals surface area contributed by atoms with Crippen molar-refractivity contribution in [2.45, 2.75) is 13.3 Å². The lowest BCUT2D eigenvalue weighted by Gasteiger charge is -2.34. The molecule has 0 saturated carbocycles. The summed E-state index contributed by atoms with van der Waals surface area (Å²) in [5.74, 6) is 1.17. The highest BCUT2D eigenvalue weighted by Crippen LogP contribution is 2.09. The predicted octanol–water partition coefficient (Wildman–Crippen LogP) is 1.08. The summed E-state index contributed by atoms with van der Waals surface area (Å²) in [4.78, 5) is 18.5. The van der Waals surface area contributed by atoms with Crippen molar-refractivity contribution in [3.63, 3.8) is 0 Å². The Morgan fingerprint density at radius 3 is 2.67 bits per heavy atom. The number of nitrogens with zero attached hydrogens (tertiary/aromatic N) is 4. The summed E-state index contributed by atoms with van der Waals surface area (Å²) in [6, 6.07) is 1.62. The first-order chi connectivity index (χ1) is 10.0. The number of piperazine rings is 1. The van der Waals surface area contributed by atoms with Crippen LogP contribution in [0.3, 0.4) is 0 Å². The van der Waals surface area contributed by atoms with Crippen molar-refractivity contribution in [1.82, 2.24) is 19.9 Å². The van der Waals surface area contributed by atoms with Gasteiger partial charge < -0.3 is 14.3 Å². The second kappa shape index (κ2) is 7.42. The molecule has 1 fully saturated rings. The Labute approximate surface area is 125 Å². The molecule has 0 radical (unpaired) electrons. The summed E-state index contributed by atoms with van der Waals surface area (Å²) in [5, 5.41) is 6.54. The van der Waals surface area contributed by atoms with Crippen molar-refractivity contribution in [2.75, 3.05) is 58.7 Å². The first kappa shape index (κ1) is 15.8. The molecule has 0 bridgehead atoms. The van der Waals surface area contributed by atoms with Crippen molar-refractivity contribution < 1.29 is 9.32 Å². The minimum atomic E-state index is -0.101. The second-order valence-corrected chi connectivity index (χ2v) is 5.74. The molecule has 1 aliphatic rings. The monoisotopic (exact) mass is 295 g/mol. The van der Waals surface area contributed by atoms with Crippen LogP contribution >= 0.6 is 0 Å². The quantitative estimate of drug-likeness (QED) is 0.881. The van der Waals surface area contributed by atoms with Gasteiger partial charge >= 0.3 is 6.03 Å². The summed E-state index contributed by atoms with van der Waals surface area (Å²) in [5.41, 5.74) is 0. The van der Waals surface area contributed by atoms with Gasteiger partial charge in [-0.3, -0.25) is 10.2 Å².